The minimum absolute atomic E-state index is 0.0718. The lowest BCUT2D eigenvalue weighted by Gasteiger charge is -2.30. The van der Waals surface area contributed by atoms with Crippen LogP contribution in [0, 0.1) is 0 Å². The Labute approximate surface area is 128 Å². The topological polar surface area (TPSA) is 55.1 Å². The fourth-order valence-electron chi connectivity index (χ4n) is 3.33. The highest BCUT2D eigenvalue weighted by Crippen LogP contribution is 2.41. The van der Waals surface area contributed by atoms with E-state index in [9.17, 15) is 4.79 Å². The summed E-state index contributed by atoms with van der Waals surface area (Å²) in [6.07, 6.45) is 5.24. The molecule has 0 radical (unpaired) electrons. The van der Waals surface area contributed by atoms with Crippen LogP contribution < -0.4 is 11.1 Å². The molecule has 0 heterocycles. The van der Waals surface area contributed by atoms with Crippen molar-refractivity contribution < 1.29 is 4.79 Å². The first kappa shape index (κ1) is 16.0. The second-order valence-electron chi connectivity index (χ2n) is 6.58. The van der Waals surface area contributed by atoms with Crippen molar-refractivity contribution in [1.29, 1.82) is 0 Å². The second kappa shape index (κ2) is 7.08. The smallest absolute Gasteiger partial charge is 0.221 e. The van der Waals surface area contributed by atoms with Crippen LogP contribution in [0.4, 0.5) is 0 Å². The van der Waals surface area contributed by atoms with E-state index in [1.165, 1.54) is 24.0 Å². The van der Waals surface area contributed by atoms with Gasteiger partial charge in [0.1, 0.15) is 0 Å². The predicted molar refractivity (Wildman–Crippen MR) is 87.4 cm³/mol. The largest absolute Gasteiger partial charge is 0.355 e. The molecule has 3 heteroatoms. The minimum atomic E-state index is 0.0718. The molecular formula is C18H28N2O. The fourth-order valence-corrected chi connectivity index (χ4v) is 3.33. The van der Waals surface area contributed by atoms with Crippen LogP contribution in [0.1, 0.15) is 63.0 Å². The number of rotatable bonds is 6. The van der Waals surface area contributed by atoms with Gasteiger partial charge in [-0.3, -0.25) is 4.79 Å². The molecule has 0 aliphatic heterocycles. The summed E-state index contributed by atoms with van der Waals surface area (Å²) in [4.78, 5) is 11.7. The number of carbonyl (C=O) groups excluding carboxylic acids is 1. The average Bonchev–Trinajstić information content (AvgIpc) is 2.96. The van der Waals surface area contributed by atoms with E-state index in [-0.39, 0.29) is 11.3 Å². The van der Waals surface area contributed by atoms with Crippen molar-refractivity contribution in [3.05, 3.63) is 35.4 Å². The van der Waals surface area contributed by atoms with Crippen molar-refractivity contribution in [2.75, 3.05) is 13.1 Å². The molecule has 0 atom stereocenters. The molecule has 1 aromatic carbocycles. The summed E-state index contributed by atoms with van der Waals surface area (Å²) < 4.78 is 0. The van der Waals surface area contributed by atoms with E-state index in [1.807, 2.05) is 0 Å². The van der Waals surface area contributed by atoms with Gasteiger partial charge >= 0.3 is 0 Å². The van der Waals surface area contributed by atoms with Gasteiger partial charge in [0, 0.05) is 24.9 Å². The third-order valence-corrected chi connectivity index (χ3v) is 4.75. The van der Waals surface area contributed by atoms with Crippen LogP contribution in [0.3, 0.4) is 0 Å². The van der Waals surface area contributed by atoms with Gasteiger partial charge in [-0.2, -0.15) is 0 Å². The molecule has 1 aromatic rings. The van der Waals surface area contributed by atoms with E-state index in [0.717, 1.165) is 19.4 Å². The van der Waals surface area contributed by atoms with Crippen LogP contribution in [-0.4, -0.2) is 19.0 Å². The predicted octanol–water partition coefficient (Wildman–Crippen LogP) is 3.09. The highest BCUT2D eigenvalue weighted by Gasteiger charge is 2.35. The molecule has 3 nitrogen and oxygen atoms in total. The van der Waals surface area contributed by atoms with E-state index in [2.05, 4.69) is 43.4 Å². The SMILES string of the molecule is CC(C)c1ccc(C2(CNC(=O)CCN)CCCC2)cc1. The van der Waals surface area contributed by atoms with Crippen molar-refractivity contribution in [1.82, 2.24) is 5.32 Å². The molecule has 0 unspecified atom stereocenters. The minimum Gasteiger partial charge on any atom is -0.355 e. The molecule has 0 aromatic heterocycles. The lowest BCUT2D eigenvalue weighted by molar-refractivity contribution is -0.121. The van der Waals surface area contributed by atoms with Gasteiger partial charge in [0.05, 0.1) is 0 Å². The zero-order chi connectivity index (χ0) is 15.3. The summed E-state index contributed by atoms with van der Waals surface area (Å²) in [5.74, 6) is 0.630. The molecule has 116 valence electrons. The quantitative estimate of drug-likeness (QED) is 0.845. The normalized spacial score (nSPS) is 17.1. The Bertz CT molecular complexity index is 459. The van der Waals surface area contributed by atoms with E-state index in [0.29, 0.717) is 18.9 Å². The number of benzene rings is 1. The monoisotopic (exact) mass is 288 g/mol. The van der Waals surface area contributed by atoms with Crippen LogP contribution in [0.15, 0.2) is 24.3 Å². The van der Waals surface area contributed by atoms with Crippen molar-refractivity contribution in [2.24, 2.45) is 5.73 Å². The summed E-state index contributed by atoms with van der Waals surface area (Å²) in [6, 6.07) is 9.00. The van der Waals surface area contributed by atoms with Gasteiger partial charge in [0.15, 0.2) is 0 Å². The molecule has 1 fully saturated rings. The van der Waals surface area contributed by atoms with Crippen molar-refractivity contribution in [2.45, 2.75) is 57.3 Å². The first-order chi connectivity index (χ1) is 10.1. The van der Waals surface area contributed by atoms with Crippen LogP contribution in [0.5, 0.6) is 0 Å². The molecule has 2 rings (SSSR count). The number of hydrogen-bond acceptors (Lipinski definition) is 2. The van der Waals surface area contributed by atoms with Crippen LogP contribution in [0.2, 0.25) is 0 Å². The lowest BCUT2D eigenvalue weighted by atomic mass is 9.78. The number of nitrogens with two attached hydrogens (primary N) is 1. The number of nitrogens with one attached hydrogen (secondary N) is 1. The first-order valence-electron chi connectivity index (χ1n) is 8.14. The summed E-state index contributed by atoms with van der Waals surface area (Å²) in [5, 5.41) is 3.08. The summed E-state index contributed by atoms with van der Waals surface area (Å²) in [5.41, 5.74) is 8.31. The Morgan fingerprint density at radius 3 is 2.38 bits per heavy atom. The number of carbonyl (C=O) groups is 1. The molecule has 1 aliphatic carbocycles. The Morgan fingerprint density at radius 2 is 1.86 bits per heavy atom. The molecule has 0 saturated heterocycles. The number of hydrogen-bond donors (Lipinski definition) is 2. The summed E-state index contributed by atoms with van der Waals surface area (Å²) in [6.45, 7) is 5.59. The van der Waals surface area contributed by atoms with Crippen molar-refractivity contribution in [3.8, 4) is 0 Å². The van der Waals surface area contributed by atoms with Gasteiger partial charge in [-0.25, -0.2) is 0 Å². The van der Waals surface area contributed by atoms with Crippen LogP contribution in [0.25, 0.3) is 0 Å². The summed E-state index contributed by atoms with van der Waals surface area (Å²) >= 11 is 0. The van der Waals surface area contributed by atoms with E-state index < -0.39 is 0 Å². The molecule has 1 saturated carbocycles. The maximum atomic E-state index is 11.7. The molecule has 1 amide bonds. The highest BCUT2D eigenvalue weighted by molar-refractivity contribution is 5.76. The summed E-state index contributed by atoms with van der Waals surface area (Å²) in [7, 11) is 0. The maximum Gasteiger partial charge on any atom is 0.221 e. The molecular weight excluding hydrogens is 260 g/mol. The third-order valence-electron chi connectivity index (χ3n) is 4.75. The Morgan fingerprint density at radius 1 is 1.24 bits per heavy atom. The first-order valence-corrected chi connectivity index (χ1v) is 8.14. The van der Waals surface area contributed by atoms with E-state index in [1.54, 1.807) is 0 Å². The molecule has 1 aliphatic rings. The fraction of sp³-hybridized carbons (Fsp3) is 0.611. The second-order valence-corrected chi connectivity index (χ2v) is 6.58. The standard InChI is InChI=1S/C18H28N2O/c1-14(2)15-5-7-16(8-6-15)18(10-3-4-11-18)13-20-17(21)9-12-19/h5-8,14H,3-4,9-13,19H2,1-2H3,(H,20,21). The van der Waals surface area contributed by atoms with Crippen LogP contribution >= 0.6 is 0 Å². The van der Waals surface area contributed by atoms with Crippen molar-refractivity contribution >= 4 is 5.91 Å². The van der Waals surface area contributed by atoms with Gasteiger partial charge in [0.2, 0.25) is 5.91 Å². The molecule has 0 bridgehead atoms. The van der Waals surface area contributed by atoms with Gasteiger partial charge < -0.3 is 11.1 Å². The van der Waals surface area contributed by atoms with Gasteiger partial charge in [-0.15, -0.1) is 0 Å². The zero-order valence-electron chi connectivity index (χ0n) is 13.3. The third kappa shape index (κ3) is 3.85. The van der Waals surface area contributed by atoms with Crippen LogP contribution in [-0.2, 0) is 10.2 Å². The van der Waals surface area contributed by atoms with Crippen molar-refractivity contribution in [3.63, 3.8) is 0 Å². The Balaban J connectivity index is 2.12. The Hall–Kier alpha value is -1.35. The molecule has 3 N–H and O–H groups in total. The van der Waals surface area contributed by atoms with Gasteiger partial charge in [-0.05, 0) is 29.9 Å². The van der Waals surface area contributed by atoms with Gasteiger partial charge in [-0.1, -0.05) is 51.0 Å². The highest BCUT2D eigenvalue weighted by atomic mass is 16.1. The molecule has 21 heavy (non-hydrogen) atoms. The maximum absolute atomic E-state index is 11.7. The molecule has 0 spiro atoms. The number of amides is 1. The van der Waals surface area contributed by atoms with Gasteiger partial charge in [0.25, 0.3) is 0 Å². The average molecular weight is 288 g/mol. The van der Waals surface area contributed by atoms with E-state index in [4.69, 9.17) is 5.73 Å². The zero-order valence-corrected chi connectivity index (χ0v) is 13.3. The van der Waals surface area contributed by atoms with E-state index >= 15 is 0 Å². The lowest BCUT2D eigenvalue weighted by Crippen LogP contribution is -2.39. The Kier molecular flexibility index (Phi) is 5.40.